The summed E-state index contributed by atoms with van der Waals surface area (Å²) < 4.78 is 49.4. The zero-order valence-electron chi connectivity index (χ0n) is 17.5. The summed E-state index contributed by atoms with van der Waals surface area (Å²) in [6.45, 7) is 4.03. The van der Waals surface area contributed by atoms with Gasteiger partial charge in [-0.15, -0.1) is 0 Å². The molecule has 2 aliphatic rings. The van der Waals surface area contributed by atoms with E-state index < -0.39 is 28.7 Å². The van der Waals surface area contributed by atoms with Crippen LogP contribution in [0.4, 0.5) is 23.7 Å². The van der Waals surface area contributed by atoms with E-state index in [2.05, 4.69) is 5.32 Å². The van der Waals surface area contributed by atoms with Gasteiger partial charge in [-0.05, 0) is 49.7 Å². The Morgan fingerprint density at radius 2 is 2.00 bits per heavy atom. The van der Waals surface area contributed by atoms with Crippen molar-refractivity contribution in [3.05, 3.63) is 53.6 Å². The van der Waals surface area contributed by atoms with Gasteiger partial charge in [0.25, 0.3) is 0 Å². The number of nitrogens with zero attached hydrogens (tertiary/aromatic N) is 2. The third-order valence-corrected chi connectivity index (χ3v) is 6.80. The molecule has 1 unspecified atom stereocenters. The van der Waals surface area contributed by atoms with Crippen molar-refractivity contribution in [2.75, 3.05) is 12.1 Å². The van der Waals surface area contributed by atoms with Crippen molar-refractivity contribution in [2.45, 2.75) is 37.5 Å². The van der Waals surface area contributed by atoms with Crippen LogP contribution in [-0.2, 0) is 12.7 Å². The Kier molecular flexibility index (Phi) is 6.10. The minimum Gasteiger partial charge on any atom is -0.454 e. The number of amides is 2. The number of nitrogens with one attached hydrogen (secondary N) is 1. The van der Waals surface area contributed by atoms with E-state index in [9.17, 15) is 23.2 Å². The predicted octanol–water partition coefficient (Wildman–Crippen LogP) is 5.30. The Morgan fingerprint density at radius 3 is 2.73 bits per heavy atom. The molecule has 1 saturated heterocycles. The van der Waals surface area contributed by atoms with Crippen molar-refractivity contribution in [2.24, 2.45) is 0 Å². The highest BCUT2D eigenvalue weighted by Crippen LogP contribution is 2.44. The van der Waals surface area contributed by atoms with Crippen LogP contribution in [0.15, 0.2) is 42.5 Å². The number of hydrogen-bond acceptors (Lipinski definition) is 6. The van der Waals surface area contributed by atoms with Gasteiger partial charge in [0.1, 0.15) is 10.5 Å². The zero-order valence-corrected chi connectivity index (χ0v) is 19.2. The fourth-order valence-electron chi connectivity index (χ4n) is 3.69. The van der Waals surface area contributed by atoms with Crippen LogP contribution >= 0.6 is 24.0 Å². The van der Waals surface area contributed by atoms with Gasteiger partial charge >= 0.3 is 12.2 Å². The van der Waals surface area contributed by atoms with Gasteiger partial charge in [0.15, 0.2) is 11.5 Å². The van der Waals surface area contributed by atoms with Crippen LogP contribution in [0.25, 0.3) is 0 Å². The number of ether oxygens (including phenoxy) is 2. The van der Waals surface area contributed by atoms with E-state index in [1.807, 2.05) is 19.9 Å². The van der Waals surface area contributed by atoms with Gasteiger partial charge in [-0.2, -0.15) is 18.2 Å². The first-order valence-electron chi connectivity index (χ1n) is 9.80. The number of alkyl halides is 3. The molecule has 2 heterocycles. The van der Waals surface area contributed by atoms with E-state index in [1.54, 1.807) is 17.0 Å². The van der Waals surface area contributed by atoms with Gasteiger partial charge < -0.3 is 19.7 Å². The second-order valence-electron chi connectivity index (χ2n) is 8.01. The third kappa shape index (κ3) is 4.82. The molecular weight excluding hydrogens is 479 g/mol. The Labute approximate surface area is 197 Å². The van der Waals surface area contributed by atoms with Crippen molar-refractivity contribution >= 4 is 40.0 Å². The van der Waals surface area contributed by atoms with Gasteiger partial charge in [-0.25, -0.2) is 4.79 Å². The molecule has 0 saturated carbocycles. The number of anilines is 1. The molecule has 2 aromatic carbocycles. The van der Waals surface area contributed by atoms with Gasteiger partial charge in [-0.3, -0.25) is 5.21 Å². The first kappa shape index (κ1) is 23.5. The summed E-state index contributed by atoms with van der Waals surface area (Å²) in [7, 11) is 0. The van der Waals surface area contributed by atoms with Crippen molar-refractivity contribution in [3.63, 3.8) is 0 Å². The highest BCUT2D eigenvalue weighted by Gasteiger charge is 2.49. The topological polar surface area (TPSA) is 74.3 Å². The smallest absolute Gasteiger partial charge is 0.416 e. The molecular formula is C21H20F3N3O4S2. The van der Waals surface area contributed by atoms with Crippen LogP contribution in [-0.4, -0.2) is 43.2 Å². The van der Waals surface area contributed by atoms with Crippen LogP contribution in [0.2, 0.25) is 0 Å². The van der Waals surface area contributed by atoms with E-state index in [0.717, 1.165) is 17.7 Å². The average molecular weight is 500 g/mol. The van der Waals surface area contributed by atoms with E-state index in [0.29, 0.717) is 20.9 Å². The average Bonchev–Trinajstić information content (AvgIpc) is 3.28. The Balaban J connectivity index is 1.54. The van der Waals surface area contributed by atoms with Crippen molar-refractivity contribution in [3.8, 4) is 11.5 Å². The lowest BCUT2D eigenvalue weighted by atomic mass is 10.1. The minimum absolute atomic E-state index is 0.0952. The number of thioether (sulfide) groups is 1. The first-order chi connectivity index (χ1) is 15.5. The van der Waals surface area contributed by atoms with E-state index in [1.165, 1.54) is 23.9 Å². The monoisotopic (exact) mass is 499 g/mol. The SMILES string of the molecule is CC1(C)SC(=S)N(Cc2ccc3c(c2)OCO3)C1N(O)C(=O)Nc1cccc(C(F)(F)F)c1. The molecule has 0 aromatic heterocycles. The van der Waals surface area contributed by atoms with Crippen molar-refractivity contribution in [1.82, 2.24) is 9.96 Å². The lowest BCUT2D eigenvalue weighted by Gasteiger charge is -2.37. The van der Waals surface area contributed by atoms with Crippen LogP contribution < -0.4 is 14.8 Å². The maximum absolute atomic E-state index is 13.0. The molecule has 12 heteroatoms. The molecule has 2 aromatic rings. The summed E-state index contributed by atoms with van der Waals surface area (Å²) in [6, 6.07) is 8.59. The summed E-state index contributed by atoms with van der Waals surface area (Å²) in [5.41, 5.74) is -0.189. The summed E-state index contributed by atoms with van der Waals surface area (Å²) in [5.74, 6) is 1.21. The molecule has 4 rings (SSSR count). The predicted molar refractivity (Wildman–Crippen MR) is 120 cm³/mol. The zero-order chi connectivity index (χ0) is 24.0. The number of hydrogen-bond donors (Lipinski definition) is 2. The van der Waals surface area contributed by atoms with E-state index in [4.69, 9.17) is 21.7 Å². The van der Waals surface area contributed by atoms with Crippen LogP contribution in [0, 0.1) is 0 Å². The lowest BCUT2D eigenvalue weighted by molar-refractivity contribution is -0.137. The fourth-order valence-corrected chi connectivity index (χ4v) is 5.56. The molecule has 2 N–H and O–H groups in total. The summed E-state index contributed by atoms with van der Waals surface area (Å²) >= 11 is 6.81. The number of rotatable bonds is 4. The number of carbonyl (C=O) groups excluding carboxylic acids is 1. The third-order valence-electron chi connectivity index (χ3n) is 5.17. The molecule has 0 spiro atoms. The second-order valence-corrected chi connectivity index (χ2v) is 10.3. The molecule has 0 bridgehead atoms. The number of urea groups is 1. The van der Waals surface area contributed by atoms with Gasteiger partial charge in [-0.1, -0.05) is 36.1 Å². The van der Waals surface area contributed by atoms with Crippen LogP contribution in [0.1, 0.15) is 25.0 Å². The first-order valence-corrected chi connectivity index (χ1v) is 11.0. The van der Waals surface area contributed by atoms with Crippen LogP contribution in [0.5, 0.6) is 11.5 Å². The molecule has 2 amide bonds. The normalized spacial score (nSPS) is 19.0. The fraction of sp³-hybridized carbons (Fsp3) is 0.333. The maximum atomic E-state index is 13.0. The Morgan fingerprint density at radius 1 is 1.27 bits per heavy atom. The molecule has 0 aliphatic carbocycles. The maximum Gasteiger partial charge on any atom is 0.416 e. The molecule has 1 fully saturated rings. The lowest BCUT2D eigenvalue weighted by Crippen LogP contribution is -2.55. The highest BCUT2D eigenvalue weighted by atomic mass is 32.2. The van der Waals surface area contributed by atoms with E-state index in [-0.39, 0.29) is 19.0 Å². The summed E-state index contributed by atoms with van der Waals surface area (Å²) in [5, 5.41) is 13.6. The standard InChI is InChI=1S/C21H20F3N3O4S2/c1-20(2)17(27(29)18(28)25-14-5-3-4-13(9-14)21(22,23)24)26(19(32)33-20)10-12-6-7-15-16(8-12)31-11-30-15/h3-9,17,29H,10-11H2,1-2H3,(H,25,28). The van der Waals surface area contributed by atoms with Crippen molar-refractivity contribution in [1.29, 1.82) is 0 Å². The number of carbonyl (C=O) groups is 1. The Hall–Kier alpha value is -2.70. The number of hydroxylamine groups is 2. The second kappa shape index (κ2) is 8.58. The number of halogens is 3. The number of fused-ring (bicyclic) bond motifs is 1. The Bertz CT molecular complexity index is 1100. The van der Waals surface area contributed by atoms with Gasteiger partial charge in [0, 0.05) is 12.2 Å². The molecule has 2 aliphatic heterocycles. The van der Waals surface area contributed by atoms with Crippen molar-refractivity contribution < 1.29 is 32.6 Å². The quantitative estimate of drug-likeness (QED) is 0.336. The molecule has 176 valence electrons. The number of thiocarbonyl (C=S) groups is 1. The molecule has 0 radical (unpaired) electrons. The van der Waals surface area contributed by atoms with Gasteiger partial charge in [0.2, 0.25) is 6.79 Å². The summed E-state index contributed by atoms with van der Waals surface area (Å²) in [4.78, 5) is 14.5. The highest BCUT2D eigenvalue weighted by molar-refractivity contribution is 8.24. The largest absolute Gasteiger partial charge is 0.454 e. The van der Waals surface area contributed by atoms with Crippen LogP contribution in [0.3, 0.4) is 0 Å². The molecule has 1 atom stereocenters. The summed E-state index contributed by atoms with van der Waals surface area (Å²) in [6.07, 6.45) is -5.44. The molecule has 7 nitrogen and oxygen atoms in total. The molecule has 33 heavy (non-hydrogen) atoms. The number of benzene rings is 2. The van der Waals surface area contributed by atoms with E-state index >= 15 is 0 Å². The minimum atomic E-state index is -4.56. The van der Waals surface area contributed by atoms with Gasteiger partial charge in [0.05, 0.1) is 10.3 Å².